The lowest BCUT2D eigenvalue weighted by atomic mass is 9.96. The fraction of sp³-hybridized carbons (Fsp3) is 0.0870. The smallest absolute Gasteiger partial charge is 0.0711 e. The van der Waals surface area contributed by atoms with E-state index in [9.17, 15) is 0 Å². The molecule has 0 radical (unpaired) electrons. The molecule has 24 heavy (non-hydrogen) atoms. The molecule has 0 aliphatic rings. The summed E-state index contributed by atoms with van der Waals surface area (Å²) < 4.78 is 32.3. The summed E-state index contributed by atoms with van der Waals surface area (Å²) in [6, 6.07) is 15.8. The predicted octanol–water partition coefficient (Wildman–Crippen LogP) is 6.19. The van der Waals surface area contributed by atoms with Gasteiger partial charge in [0.2, 0.25) is 0 Å². The van der Waals surface area contributed by atoms with Crippen molar-refractivity contribution in [2.75, 3.05) is 0 Å². The Hall–Kier alpha value is -2.93. The monoisotopic (exact) mass is 313 g/mol. The molecule has 3 aromatic carbocycles. The molecule has 1 heteroatoms. The number of benzene rings is 3. The first-order valence-electron chi connectivity index (χ1n) is 9.92. The molecule has 0 aliphatic carbocycles. The lowest BCUT2D eigenvalue weighted by Gasteiger charge is -2.12. The first kappa shape index (κ1) is 10.8. The first-order valence-corrected chi connectivity index (χ1v) is 7.92. The standard InChI is InChI=1S/C23H19N/c1-16-8-3-5-11-19(16)22-15-24-23(14-17(22)2)21-13-7-10-18-9-4-6-12-20(18)21/h3-15H,1-2H3/i3D,5D,8D,11D. The molecule has 0 spiro atoms. The molecular formula is C23H19N. The van der Waals surface area contributed by atoms with Crippen LogP contribution in [0.15, 0.2) is 78.9 Å². The van der Waals surface area contributed by atoms with Crippen LogP contribution in [0.2, 0.25) is 0 Å². The van der Waals surface area contributed by atoms with Crippen molar-refractivity contribution in [1.82, 2.24) is 4.98 Å². The van der Waals surface area contributed by atoms with Gasteiger partial charge in [-0.15, -0.1) is 0 Å². The van der Waals surface area contributed by atoms with Gasteiger partial charge in [0.05, 0.1) is 11.2 Å². The van der Waals surface area contributed by atoms with E-state index in [4.69, 9.17) is 5.48 Å². The van der Waals surface area contributed by atoms with Crippen molar-refractivity contribution in [3.8, 4) is 22.4 Å². The van der Waals surface area contributed by atoms with Gasteiger partial charge in [0.25, 0.3) is 0 Å². The van der Waals surface area contributed by atoms with Crippen LogP contribution in [-0.4, -0.2) is 4.98 Å². The summed E-state index contributed by atoms with van der Waals surface area (Å²) in [7, 11) is 0. The second kappa shape index (κ2) is 5.93. The molecule has 0 fully saturated rings. The zero-order chi connectivity index (χ0) is 20.0. The minimum atomic E-state index is -0.219. The highest BCUT2D eigenvalue weighted by Crippen LogP contribution is 2.31. The third kappa shape index (κ3) is 2.48. The highest BCUT2D eigenvalue weighted by atomic mass is 14.7. The van der Waals surface area contributed by atoms with Gasteiger partial charge in [-0.2, -0.15) is 0 Å². The third-order valence-electron chi connectivity index (χ3n) is 4.32. The van der Waals surface area contributed by atoms with Gasteiger partial charge in [0.1, 0.15) is 0 Å². The Labute approximate surface area is 148 Å². The quantitative estimate of drug-likeness (QED) is 0.430. The number of fused-ring (bicyclic) bond motifs is 1. The van der Waals surface area contributed by atoms with Gasteiger partial charge in [0.15, 0.2) is 0 Å². The van der Waals surface area contributed by atoms with Gasteiger partial charge < -0.3 is 0 Å². The maximum atomic E-state index is 8.31. The van der Waals surface area contributed by atoms with E-state index in [1.54, 1.807) is 13.1 Å². The fourth-order valence-electron chi connectivity index (χ4n) is 3.06. The van der Waals surface area contributed by atoms with E-state index in [0.717, 1.165) is 33.2 Å². The van der Waals surface area contributed by atoms with Crippen LogP contribution >= 0.6 is 0 Å². The summed E-state index contributed by atoms with van der Waals surface area (Å²) in [6.45, 7) is 3.68. The highest BCUT2D eigenvalue weighted by molar-refractivity contribution is 5.96. The molecule has 1 aromatic heterocycles. The van der Waals surface area contributed by atoms with Gasteiger partial charge in [0, 0.05) is 17.3 Å². The van der Waals surface area contributed by atoms with Gasteiger partial charge in [-0.3, -0.25) is 4.98 Å². The number of pyridine rings is 1. The van der Waals surface area contributed by atoms with Crippen LogP contribution in [0.1, 0.15) is 16.6 Å². The predicted molar refractivity (Wildman–Crippen MR) is 102 cm³/mol. The van der Waals surface area contributed by atoms with Crippen LogP contribution in [0.5, 0.6) is 0 Å². The minimum absolute atomic E-state index is 0.00599. The van der Waals surface area contributed by atoms with Gasteiger partial charge in [-0.25, -0.2) is 0 Å². The Morgan fingerprint density at radius 1 is 0.792 bits per heavy atom. The summed E-state index contributed by atoms with van der Waals surface area (Å²) in [5.74, 6) is 0. The zero-order valence-corrected chi connectivity index (χ0v) is 13.6. The molecular weight excluding hydrogens is 290 g/mol. The van der Waals surface area contributed by atoms with Crippen molar-refractivity contribution in [2.45, 2.75) is 13.8 Å². The average molecular weight is 313 g/mol. The third-order valence-corrected chi connectivity index (χ3v) is 4.32. The van der Waals surface area contributed by atoms with Crippen LogP contribution in [0.3, 0.4) is 0 Å². The van der Waals surface area contributed by atoms with E-state index in [0.29, 0.717) is 11.1 Å². The average Bonchev–Trinajstić information content (AvgIpc) is 2.71. The van der Waals surface area contributed by atoms with E-state index >= 15 is 0 Å². The summed E-state index contributed by atoms with van der Waals surface area (Å²) in [6.07, 6.45) is 1.72. The number of hydrogen-bond donors (Lipinski definition) is 0. The molecule has 4 aromatic rings. The maximum absolute atomic E-state index is 8.31. The molecule has 0 aliphatic heterocycles. The number of nitrogens with zero attached hydrogens (tertiary/aromatic N) is 1. The van der Waals surface area contributed by atoms with Crippen molar-refractivity contribution in [3.05, 3.63) is 90.0 Å². The highest BCUT2D eigenvalue weighted by Gasteiger charge is 2.09. The Morgan fingerprint density at radius 3 is 2.46 bits per heavy atom. The number of aryl methyl sites for hydroxylation is 1. The molecule has 0 saturated heterocycles. The fourth-order valence-corrected chi connectivity index (χ4v) is 3.06. The van der Waals surface area contributed by atoms with Crippen LogP contribution < -0.4 is 0 Å². The van der Waals surface area contributed by atoms with Crippen molar-refractivity contribution in [2.24, 2.45) is 0 Å². The Bertz CT molecular complexity index is 1200. The van der Waals surface area contributed by atoms with Gasteiger partial charge >= 0.3 is 0 Å². The molecule has 0 N–H and O–H groups in total. The summed E-state index contributed by atoms with van der Waals surface area (Å²) in [5.41, 5.74) is 4.59. The van der Waals surface area contributed by atoms with E-state index in [-0.39, 0.29) is 24.2 Å². The lowest BCUT2D eigenvalue weighted by Crippen LogP contribution is -1.92. The molecule has 116 valence electrons. The van der Waals surface area contributed by atoms with Crippen LogP contribution in [0.4, 0.5) is 0 Å². The van der Waals surface area contributed by atoms with Gasteiger partial charge in [-0.1, -0.05) is 66.6 Å². The second-order valence-electron chi connectivity index (χ2n) is 5.91. The van der Waals surface area contributed by atoms with Crippen LogP contribution in [-0.2, 0) is 0 Å². The normalized spacial score (nSPS) is 13.2. The maximum Gasteiger partial charge on any atom is 0.0711 e. The summed E-state index contributed by atoms with van der Waals surface area (Å²) in [4.78, 5) is 4.65. The lowest BCUT2D eigenvalue weighted by molar-refractivity contribution is 1.28. The van der Waals surface area contributed by atoms with Crippen LogP contribution in [0, 0.1) is 13.8 Å². The number of aromatic nitrogens is 1. The van der Waals surface area contributed by atoms with E-state index < -0.39 is 0 Å². The topological polar surface area (TPSA) is 12.9 Å². The van der Waals surface area contributed by atoms with Crippen LogP contribution in [0.25, 0.3) is 33.2 Å². The molecule has 1 heterocycles. The molecule has 0 atom stereocenters. The molecule has 1 nitrogen and oxygen atoms in total. The Morgan fingerprint density at radius 2 is 1.58 bits per heavy atom. The molecule has 0 amide bonds. The van der Waals surface area contributed by atoms with Gasteiger partial charge in [-0.05, 0) is 47.4 Å². The second-order valence-corrected chi connectivity index (χ2v) is 5.91. The van der Waals surface area contributed by atoms with E-state index in [1.165, 1.54) is 0 Å². The van der Waals surface area contributed by atoms with E-state index in [1.807, 2.05) is 37.3 Å². The molecule has 4 rings (SSSR count). The largest absolute Gasteiger partial charge is 0.256 e. The minimum Gasteiger partial charge on any atom is -0.256 e. The molecule has 0 unspecified atom stereocenters. The van der Waals surface area contributed by atoms with Crippen molar-refractivity contribution < 1.29 is 5.48 Å². The molecule has 0 saturated carbocycles. The SMILES string of the molecule is [2H]c1c([2H])c([2H])c(-c2cnc(-c3cccc4ccccc34)cc2C)c(C)c1[2H]. The summed E-state index contributed by atoms with van der Waals surface area (Å²) in [5, 5.41) is 2.28. The zero-order valence-electron chi connectivity index (χ0n) is 17.6. The Balaban J connectivity index is 1.91. The summed E-state index contributed by atoms with van der Waals surface area (Å²) >= 11 is 0. The molecule has 0 bridgehead atoms. The number of rotatable bonds is 2. The number of hydrogen-bond acceptors (Lipinski definition) is 1. The van der Waals surface area contributed by atoms with Crippen molar-refractivity contribution >= 4 is 10.8 Å². The van der Waals surface area contributed by atoms with E-state index in [2.05, 4.69) is 23.2 Å². The van der Waals surface area contributed by atoms with Crippen molar-refractivity contribution in [1.29, 1.82) is 0 Å². The Kier molecular flexibility index (Phi) is 2.66. The van der Waals surface area contributed by atoms with Crippen molar-refractivity contribution in [3.63, 3.8) is 0 Å². The first-order chi connectivity index (χ1) is 13.4.